The lowest BCUT2D eigenvalue weighted by atomic mass is 10.3. The van der Waals surface area contributed by atoms with Gasteiger partial charge in [0.25, 0.3) is 0 Å². The van der Waals surface area contributed by atoms with Gasteiger partial charge in [-0.3, -0.25) is 0 Å². The van der Waals surface area contributed by atoms with Crippen LogP contribution in [0.5, 0.6) is 0 Å². The van der Waals surface area contributed by atoms with Crippen molar-refractivity contribution in [1.29, 1.82) is 0 Å². The van der Waals surface area contributed by atoms with Gasteiger partial charge in [0, 0.05) is 10.3 Å². The number of esters is 1. The number of aryl methyl sites for hydroxylation is 1. The molecule has 0 radical (unpaired) electrons. The number of carbonyl (C=O) groups is 1. The lowest BCUT2D eigenvalue weighted by Gasteiger charge is -1.96. The molecule has 0 aliphatic carbocycles. The fourth-order valence-corrected chi connectivity index (χ4v) is 1.69. The summed E-state index contributed by atoms with van der Waals surface area (Å²) in [6.45, 7) is 4.32. The van der Waals surface area contributed by atoms with Crippen LogP contribution < -0.4 is 0 Å². The van der Waals surface area contributed by atoms with Crippen LogP contribution in [0.3, 0.4) is 0 Å². The minimum atomic E-state index is -0.214. The summed E-state index contributed by atoms with van der Waals surface area (Å²) in [6.07, 6.45) is 0.976. The van der Waals surface area contributed by atoms with Crippen LogP contribution in [-0.4, -0.2) is 12.6 Å². The Kier molecular flexibility index (Phi) is 3.29. The molecule has 0 saturated heterocycles. The van der Waals surface area contributed by atoms with Crippen molar-refractivity contribution in [2.75, 3.05) is 6.61 Å². The molecule has 0 bridgehead atoms. The Morgan fingerprint density at radius 1 is 1.58 bits per heavy atom. The highest BCUT2D eigenvalue weighted by Crippen LogP contribution is 2.15. The normalized spacial score (nSPS) is 9.83. The van der Waals surface area contributed by atoms with Crippen LogP contribution in [0.15, 0.2) is 11.4 Å². The molecule has 0 N–H and O–H groups in total. The van der Waals surface area contributed by atoms with E-state index >= 15 is 0 Å². The standard InChI is InChI=1S/C9H12O2S/c1-3-8-5-7(6-12-8)9(10)11-4-2/h5-6H,3-4H2,1-2H3. The van der Waals surface area contributed by atoms with Crippen LogP contribution in [-0.2, 0) is 11.2 Å². The number of ether oxygens (including phenoxy) is 1. The number of thiophene rings is 1. The van der Waals surface area contributed by atoms with Gasteiger partial charge in [-0.2, -0.15) is 0 Å². The van der Waals surface area contributed by atoms with Gasteiger partial charge in [0.2, 0.25) is 0 Å². The van der Waals surface area contributed by atoms with Gasteiger partial charge in [0.1, 0.15) is 0 Å². The van der Waals surface area contributed by atoms with Crippen molar-refractivity contribution in [3.05, 3.63) is 21.9 Å². The van der Waals surface area contributed by atoms with Crippen molar-refractivity contribution >= 4 is 17.3 Å². The molecule has 0 saturated carbocycles. The number of hydrogen-bond donors (Lipinski definition) is 0. The smallest absolute Gasteiger partial charge is 0.338 e. The maximum Gasteiger partial charge on any atom is 0.338 e. The zero-order chi connectivity index (χ0) is 8.97. The zero-order valence-electron chi connectivity index (χ0n) is 7.29. The van der Waals surface area contributed by atoms with Crippen LogP contribution in [0.25, 0.3) is 0 Å². The molecule has 0 amide bonds. The van der Waals surface area contributed by atoms with Crippen LogP contribution >= 0.6 is 11.3 Å². The number of rotatable bonds is 3. The summed E-state index contributed by atoms with van der Waals surface area (Å²) in [5.41, 5.74) is 0.679. The molecule has 0 atom stereocenters. The van der Waals surface area contributed by atoms with Gasteiger partial charge in [-0.1, -0.05) is 6.92 Å². The average molecular weight is 184 g/mol. The molecule has 3 heteroatoms. The summed E-state index contributed by atoms with van der Waals surface area (Å²) in [5, 5.41) is 1.84. The Morgan fingerprint density at radius 3 is 2.83 bits per heavy atom. The quantitative estimate of drug-likeness (QED) is 0.674. The van der Waals surface area contributed by atoms with E-state index in [1.165, 1.54) is 4.88 Å². The lowest BCUT2D eigenvalue weighted by Crippen LogP contribution is -2.02. The van der Waals surface area contributed by atoms with Gasteiger partial charge in [-0.25, -0.2) is 4.79 Å². The summed E-state index contributed by atoms with van der Waals surface area (Å²) >= 11 is 1.60. The van der Waals surface area contributed by atoms with Crippen LogP contribution in [0.1, 0.15) is 29.1 Å². The van der Waals surface area contributed by atoms with Gasteiger partial charge < -0.3 is 4.74 Å². The van der Waals surface area contributed by atoms with Crippen LogP contribution in [0, 0.1) is 0 Å². The molecule has 66 valence electrons. The third kappa shape index (κ3) is 2.08. The molecule has 0 spiro atoms. The molecule has 0 fully saturated rings. The van der Waals surface area contributed by atoms with E-state index < -0.39 is 0 Å². The molecular formula is C9H12O2S. The van der Waals surface area contributed by atoms with Gasteiger partial charge in [0.15, 0.2) is 0 Å². The second-order valence-electron chi connectivity index (χ2n) is 2.38. The van der Waals surface area contributed by atoms with Gasteiger partial charge in [-0.15, -0.1) is 11.3 Å². The number of hydrogen-bond acceptors (Lipinski definition) is 3. The minimum Gasteiger partial charge on any atom is -0.462 e. The summed E-state index contributed by atoms with van der Waals surface area (Å²) < 4.78 is 4.85. The Labute approximate surface area is 76.2 Å². The van der Waals surface area contributed by atoms with Gasteiger partial charge >= 0.3 is 5.97 Å². The van der Waals surface area contributed by atoms with E-state index in [1.807, 2.05) is 18.4 Å². The van der Waals surface area contributed by atoms with Crippen LogP contribution in [0.2, 0.25) is 0 Å². The van der Waals surface area contributed by atoms with Crippen molar-refractivity contribution in [2.24, 2.45) is 0 Å². The summed E-state index contributed by atoms with van der Waals surface area (Å²) in [7, 11) is 0. The van der Waals surface area contributed by atoms with Crippen molar-refractivity contribution in [3.63, 3.8) is 0 Å². The molecule has 1 heterocycles. The van der Waals surface area contributed by atoms with Crippen molar-refractivity contribution in [3.8, 4) is 0 Å². The van der Waals surface area contributed by atoms with Gasteiger partial charge in [-0.05, 0) is 19.4 Å². The highest BCUT2D eigenvalue weighted by Gasteiger charge is 2.07. The van der Waals surface area contributed by atoms with Crippen molar-refractivity contribution in [2.45, 2.75) is 20.3 Å². The highest BCUT2D eigenvalue weighted by atomic mass is 32.1. The molecular weight excluding hydrogens is 172 g/mol. The van der Waals surface area contributed by atoms with E-state index in [0.717, 1.165) is 6.42 Å². The zero-order valence-corrected chi connectivity index (χ0v) is 8.11. The van der Waals surface area contributed by atoms with Crippen molar-refractivity contribution in [1.82, 2.24) is 0 Å². The lowest BCUT2D eigenvalue weighted by molar-refractivity contribution is 0.0527. The minimum absolute atomic E-state index is 0.214. The van der Waals surface area contributed by atoms with E-state index in [-0.39, 0.29) is 5.97 Å². The largest absolute Gasteiger partial charge is 0.462 e. The Balaban J connectivity index is 2.68. The Hall–Kier alpha value is -0.830. The molecule has 0 aromatic carbocycles. The van der Waals surface area contributed by atoms with E-state index in [9.17, 15) is 4.79 Å². The molecule has 1 rings (SSSR count). The molecule has 0 aliphatic rings. The third-order valence-electron chi connectivity index (χ3n) is 1.51. The van der Waals surface area contributed by atoms with Crippen molar-refractivity contribution < 1.29 is 9.53 Å². The van der Waals surface area contributed by atoms with E-state index in [2.05, 4.69) is 6.92 Å². The fraction of sp³-hybridized carbons (Fsp3) is 0.444. The average Bonchev–Trinajstić information content (AvgIpc) is 2.52. The maximum absolute atomic E-state index is 11.2. The maximum atomic E-state index is 11.2. The van der Waals surface area contributed by atoms with E-state index in [1.54, 1.807) is 11.3 Å². The summed E-state index contributed by atoms with van der Waals surface area (Å²) in [5.74, 6) is -0.214. The molecule has 1 aromatic heterocycles. The van der Waals surface area contributed by atoms with Crippen LogP contribution in [0.4, 0.5) is 0 Å². The fourth-order valence-electron chi connectivity index (χ4n) is 0.888. The molecule has 1 aromatic rings. The second-order valence-corrected chi connectivity index (χ2v) is 3.37. The monoisotopic (exact) mass is 184 g/mol. The highest BCUT2D eigenvalue weighted by molar-refractivity contribution is 7.10. The molecule has 0 unspecified atom stereocenters. The first-order chi connectivity index (χ1) is 5.77. The van der Waals surface area contributed by atoms with E-state index in [4.69, 9.17) is 4.74 Å². The predicted molar refractivity (Wildman–Crippen MR) is 49.7 cm³/mol. The second kappa shape index (κ2) is 4.26. The summed E-state index contributed by atoms with van der Waals surface area (Å²) in [4.78, 5) is 12.4. The SMILES string of the molecule is CCOC(=O)c1csc(CC)c1. The third-order valence-corrected chi connectivity index (χ3v) is 2.59. The first-order valence-electron chi connectivity index (χ1n) is 4.02. The summed E-state index contributed by atoms with van der Waals surface area (Å²) in [6, 6.07) is 1.89. The van der Waals surface area contributed by atoms with Gasteiger partial charge in [0.05, 0.1) is 12.2 Å². The predicted octanol–water partition coefficient (Wildman–Crippen LogP) is 2.49. The first kappa shape index (κ1) is 9.26. The molecule has 12 heavy (non-hydrogen) atoms. The van der Waals surface area contributed by atoms with E-state index in [0.29, 0.717) is 12.2 Å². The molecule has 2 nitrogen and oxygen atoms in total. The Bertz CT molecular complexity index is 265. The number of carbonyl (C=O) groups excluding carboxylic acids is 1. The first-order valence-corrected chi connectivity index (χ1v) is 4.90. The topological polar surface area (TPSA) is 26.3 Å². The molecule has 0 aliphatic heterocycles. The Morgan fingerprint density at radius 2 is 2.33 bits per heavy atom.